The van der Waals surface area contributed by atoms with Crippen LogP contribution >= 0.6 is 34.4 Å². The molecule has 0 aliphatic heterocycles. The van der Waals surface area contributed by atoms with Gasteiger partial charge in [0.05, 0.1) is 5.69 Å². The second-order valence-corrected chi connectivity index (χ2v) is 5.46. The van der Waals surface area contributed by atoms with E-state index in [0.717, 1.165) is 10.7 Å². The van der Waals surface area contributed by atoms with Gasteiger partial charge in [-0.25, -0.2) is 4.98 Å². The number of hydrogen-bond acceptors (Lipinski definition) is 5. The van der Waals surface area contributed by atoms with Crippen molar-refractivity contribution in [3.63, 3.8) is 0 Å². The third-order valence-electron chi connectivity index (χ3n) is 1.70. The van der Waals surface area contributed by atoms with Crippen LogP contribution in [0.4, 0.5) is 0 Å². The van der Waals surface area contributed by atoms with E-state index < -0.39 is 0 Å². The third kappa shape index (κ3) is 2.80. The van der Waals surface area contributed by atoms with Crippen molar-refractivity contribution in [3.05, 3.63) is 27.9 Å². The van der Waals surface area contributed by atoms with Crippen molar-refractivity contribution >= 4 is 39.6 Å². The van der Waals surface area contributed by atoms with E-state index in [0.29, 0.717) is 5.75 Å². The number of aromatic nitrogens is 1. The van der Waals surface area contributed by atoms with Crippen molar-refractivity contribution < 1.29 is 0 Å². The lowest BCUT2D eigenvalue weighted by Gasteiger charge is -1.93. The Morgan fingerprint density at radius 2 is 2.40 bits per heavy atom. The molecule has 0 unspecified atom stereocenters. The minimum Gasteiger partial charge on any atom is -0.379 e. The first-order valence-electron chi connectivity index (χ1n) is 4.19. The molecule has 78 valence electrons. The number of thiophene rings is 1. The number of thiazole rings is 1. The molecule has 0 radical (unpaired) electrons. The van der Waals surface area contributed by atoms with Crippen LogP contribution in [0.25, 0.3) is 10.6 Å². The summed E-state index contributed by atoms with van der Waals surface area (Å²) in [6.45, 7) is 0. The predicted molar refractivity (Wildman–Crippen MR) is 68.6 cm³/mol. The van der Waals surface area contributed by atoms with Crippen molar-refractivity contribution in [1.82, 2.24) is 4.98 Å². The molecule has 0 aliphatic rings. The normalized spacial score (nSPS) is 10.4. The molecule has 3 nitrogen and oxygen atoms in total. The standard InChI is InChI=1S/C9H9N3S3/c10-9(11)15-5-7-4-14-8(12-7)6-1-2-13-3-6/h1-4H,5H2,(H3,10,11). The molecule has 0 atom stereocenters. The van der Waals surface area contributed by atoms with Gasteiger partial charge in [-0.3, -0.25) is 5.41 Å². The maximum Gasteiger partial charge on any atom is 0.151 e. The van der Waals surface area contributed by atoms with Gasteiger partial charge < -0.3 is 5.73 Å². The fourth-order valence-electron chi connectivity index (χ4n) is 1.04. The van der Waals surface area contributed by atoms with E-state index in [1.807, 2.05) is 10.8 Å². The van der Waals surface area contributed by atoms with Crippen molar-refractivity contribution in [3.8, 4) is 10.6 Å². The van der Waals surface area contributed by atoms with Crippen molar-refractivity contribution in [2.45, 2.75) is 5.75 Å². The number of nitrogens with one attached hydrogen (secondary N) is 1. The summed E-state index contributed by atoms with van der Waals surface area (Å²) in [7, 11) is 0. The summed E-state index contributed by atoms with van der Waals surface area (Å²) < 4.78 is 0. The molecule has 0 spiro atoms. The van der Waals surface area contributed by atoms with Crippen LogP contribution in [-0.4, -0.2) is 10.2 Å². The van der Waals surface area contributed by atoms with Crippen molar-refractivity contribution in [2.24, 2.45) is 5.73 Å². The molecule has 0 saturated heterocycles. The summed E-state index contributed by atoms with van der Waals surface area (Å²) >= 11 is 4.60. The molecule has 0 aliphatic carbocycles. The molecular weight excluding hydrogens is 246 g/mol. The van der Waals surface area contributed by atoms with Gasteiger partial charge in [0.25, 0.3) is 0 Å². The summed E-state index contributed by atoms with van der Waals surface area (Å²) in [5, 5.41) is 14.4. The van der Waals surface area contributed by atoms with Crippen molar-refractivity contribution in [2.75, 3.05) is 0 Å². The zero-order valence-corrected chi connectivity index (χ0v) is 10.2. The lowest BCUT2D eigenvalue weighted by atomic mass is 10.4. The van der Waals surface area contributed by atoms with Gasteiger partial charge in [0.2, 0.25) is 0 Å². The van der Waals surface area contributed by atoms with Crippen LogP contribution in [0.3, 0.4) is 0 Å². The van der Waals surface area contributed by atoms with Crippen LogP contribution in [0.5, 0.6) is 0 Å². The zero-order chi connectivity index (χ0) is 10.7. The Morgan fingerprint density at radius 1 is 1.53 bits per heavy atom. The van der Waals surface area contributed by atoms with Gasteiger partial charge >= 0.3 is 0 Å². The highest BCUT2D eigenvalue weighted by molar-refractivity contribution is 8.13. The summed E-state index contributed by atoms with van der Waals surface area (Å²) in [5.74, 6) is 0.677. The Hall–Kier alpha value is -0.850. The Balaban J connectivity index is 2.08. The van der Waals surface area contributed by atoms with E-state index >= 15 is 0 Å². The maximum absolute atomic E-state index is 7.11. The first-order chi connectivity index (χ1) is 7.25. The molecule has 0 aromatic carbocycles. The van der Waals surface area contributed by atoms with Gasteiger partial charge in [0.15, 0.2) is 5.17 Å². The van der Waals surface area contributed by atoms with Gasteiger partial charge in [0.1, 0.15) is 5.01 Å². The van der Waals surface area contributed by atoms with Crippen LogP contribution in [0.1, 0.15) is 5.69 Å². The maximum atomic E-state index is 7.11. The van der Waals surface area contributed by atoms with Gasteiger partial charge in [-0.15, -0.1) is 11.3 Å². The second-order valence-electron chi connectivity index (χ2n) is 2.81. The number of hydrogen-bond donors (Lipinski definition) is 2. The predicted octanol–water partition coefficient (Wildman–Crippen LogP) is 3.00. The summed E-state index contributed by atoms with van der Waals surface area (Å²) in [5.41, 5.74) is 7.42. The quantitative estimate of drug-likeness (QED) is 0.654. The average molecular weight is 255 g/mol. The largest absolute Gasteiger partial charge is 0.379 e. The van der Waals surface area contributed by atoms with E-state index in [1.54, 1.807) is 22.7 Å². The molecule has 2 heterocycles. The Bertz CT molecular complexity index is 447. The molecule has 2 aromatic heterocycles. The van der Waals surface area contributed by atoms with E-state index in [9.17, 15) is 0 Å². The number of nitrogens with two attached hydrogens (primary N) is 1. The highest BCUT2D eigenvalue weighted by Crippen LogP contribution is 2.26. The molecular formula is C9H9N3S3. The minimum absolute atomic E-state index is 0.139. The minimum atomic E-state index is 0.139. The van der Waals surface area contributed by atoms with Gasteiger partial charge in [0, 0.05) is 22.1 Å². The molecule has 0 amide bonds. The molecule has 15 heavy (non-hydrogen) atoms. The molecule has 2 aromatic rings. The zero-order valence-electron chi connectivity index (χ0n) is 7.77. The lowest BCUT2D eigenvalue weighted by molar-refractivity contribution is 1.24. The molecule has 6 heteroatoms. The van der Waals surface area contributed by atoms with E-state index in [-0.39, 0.29) is 5.17 Å². The van der Waals surface area contributed by atoms with E-state index in [4.69, 9.17) is 11.1 Å². The Morgan fingerprint density at radius 3 is 3.07 bits per heavy atom. The third-order valence-corrected chi connectivity index (χ3v) is 4.07. The van der Waals surface area contributed by atoms with Gasteiger partial charge in [-0.1, -0.05) is 11.8 Å². The van der Waals surface area contributed by atoms with Gasteiger partial charge in [-0.05, 0) is 11.4 Å². The van der Waals surface area contributed by atoms with Crippen LogP contribution in [-0.2, 0) is 5.75 Å². The Kier molecular flexibility index (Phi) is 3.40. The summed E-state index contributed by atoms with van der Waals surface area (Å²) in [6.07, 6.45) is 0. The number of amidine groups is 1. The highest BCUT2D eigenvalue weighted by Gasteiger charge is 2.05. The molecule has 3 N–H and O–H groups in total. The van der Waals surface area contributed by atoms with Gasteiger partial charge in [-0.2, -0.15) is 11.3 Å². The Labute approximate surface area is 99.9 Å². The van der Waals surface area contributed by atoms with Crippen LogP contribution < -0.4 is 5.73 Å². The SMILES string of the molecule is N=C(N)SCc1csc(-c2ccsc2)n1. The number of nitrogens with zero attached hydrogens (tertiary/aromatic N) is 1. The second kappa shape index (κ2) is 4.78. The average Bonchev–Trinajstić information content (AvgIpc) is 2.85. The first kappa shape index (κ1) is 10.7. The summed E-state index contributed by atoms with van der Waals surface area (Å²) in [4.78, 5) is 4.48. The first-order valence-corrected chi connectivity index (χ1v) is 7.00. The fraction of sp³-hybridized carbons (Fsp3) is 0.111. The van der Waals surface area contributed by atoms with Crippen molar-refractivity contribution in [1.29, 1.82) is 5.41 Å². The summed E-state index contributed by atoms with van der Waals surface area (Å²) in [6, 6.07) is 2.06. The van der Waals surface area contributed by atoms with Crippen LogP contribution in [0, 0.1) is 5.41 Å². The monoisotopic (exact) mass is 255 g/mol. The smallest absolute Gasteiger partial charge is 0.151 e. The molecule has 0 fully saturated rings. The van der Waals surface area contributed by atoms with E-state index in [1.165, 1.54) is 17.3 Å². The van der Waals surface area contributed by atoms with Crippen LogP contribution in [0.2, 0.25) is 0 Å². The van der Waals surface area contributed by atoms with E-state index in [2.05, 4.69) is 16.4 Å². The number of rotatable bonds is 3. The molecule has 0 bridgehead atoms. The lowest BCUT2D eigenvalue weighted by Crippen LogP contribution is -2.03. The number of thioether (sulfide) groups is 1. The molecule has 2 rings (SSSR count). The topological polar surface area (TPSA) is 62.8 Å². The van der Waals surface area contributed by atoms with Crippen LogP contribution in [0.15, 0.2) is 22.2 Å². The molecule has 0 saturated carbocycles. The highest BCUT2D eigenvalue weighted by atomic mass is 32.2. The fourth-order valence-corrected chi connectivity index (χ4v) is 3.13.